The normalized spacial score (nSPS) is 11.6. The van der Waals surface area contributed by atoms with E-state index < -0.39 is 20.9 Å². The first-order chi connectivity index (χ1) is 12.6. The highest BCUT2D eigenvalue weighted by atomic mass is 32.2. The molecule has 0 spiro atoms. The number of nitrogens with zero attached hydrogens (tertiary/aromatic N) is 2. The van der Waals surface area contributed by atoms with Crippen LogP contribution in [0.1, 0.15) is 29.8 Å². The van der Waals surface area contributed by atoms with Gasteiger partial charge in [-0.2, -0.15) is 4.31 Å². The molecule has 0 saturated heterocycles. The van der Waals surface area contributed by atoms with Crippen LogP contribution in [-0.4, -0.2) is 36.6 Å². The quantitative estimate of drug-likeness (QED) is 0.601. The Labute approximate surface area is 158 Å². The molecule has 0 heterocycles. The predicted octanol–water partition coefficient (Wildman–Crippen LogP) is 3.18. The third-order valence-corrected chi connectivity index (χ3v) is 6.32. The third-order valence-electron chi connectivity index (χ3n) is 4.27. The second-order valence-corrected chi connectivity index (χ2v) is 8.30. The predicted molar refractivity (Wildman–Crippen MR) is 102 cm³/mol. The van der Waals surface area contributed by atoms with Crippen molar-refractivity contribution in [3.63, 3.8) is 0 Å². The lowest BCUT2D eigenvalue weighted by Gasteiger charge is -2.21. The maximum absolute atomic E-state index is 12.5. The summed E-state index contributed by atoms with van der Waals surface area (Å²) in [5.74, 6) is -0.486. The number of sulfonamides is 1. The second kappa shape index (κ2) is 7.85. The SMILES string of the molecule is Cc1c(NC(=O)c2ccc(S(=O)(=O)N(C)C(C)C)cc2)cccc1[N+](=O)[O-]. The average molecular weight is 391 g/mol. The molecule has 144 valence electrons. The van der Waals surface area contributed by atoms with E-state index >= 15 is 0 Å². The van der Waals surface area contributed by atoms with Gasteiger partial charge in [0.15, 0.2) is 0 Å². The summed E-state index contributed by atoms with van der Waals surface area (Å²) < 4.78 is 26.2. The number of nitrogens with one attached hydrogen (secondary N) is 1. The van der Waals surface area contributed by atoms with Gasteiger partial charge in [-0.25, -0.2) is 8.42 Å². The van der Waals surface area contributed by atoms with E-state index in [4.69, 9.17) is 0 Å². The Morgan fingerprint density at radius 2 is 1.74 bits per heavy atom. The number of nitro groups is 1. The molecule has 0 aromatic heterocycles. The van der Waals surface area contributed by atoms with Gasteiger partial charge in [0, 0.05) is 24.7 Å². The van der Waals surface area contributed by atoms with Gasteiger partial charge in [0.2, 0.25) is 10.0 Å². The van der Waals surface area contributed by atoms with Crippen LogP contribution in [0.5, 0.6) is 0 Å². The van der Waals surface area contributed by atoms with Gasteiger partial charge in [-0.3, -0.25) is 14.9 Å². The van der Waals surface area contributed by atoms with E-state index in [1.54, 1.807) is 26.8 Å². The molecule has 0 saturated carbocycles. The summed E-state index contributed by atoms with van der Waals surface area (Å²) in [6.45, 7) is 5.08. The number of nitro benzene ring substituents is 1. The molecule has 0 radical (unpaired) electrons. The van der Waals surface area contributed by atoms with Gasteiger partial charge in [-0.05, 0) is 51.1 Å². The Balaban J connectivity index is 2.25. The number of amides is 1. The van der Waals surface area contributed by atoms with Gasteiger partial charge in [0.1, 0.15) is 0 Å². The monoisotopic (exact) mass is 391 g/mol. The molecule has 2 aromatic carbocycles. The van der Waals surface area contributed by atoms with Crippen LogP contribution in [0.3, 0.4) is 0 Å². The van der Waals surface area contributed by atoms with Crippen LogP contribution in [0.15, 0.2) is 47.4 Å². The summed E-state index contributed by atoms with van der Waals surface area (Å²) in [7, 11) is -2.14. The van der Waals surface area contributed by atoms with Crippen molar-refractivity contribution in [3.8, 4) is 0 Å². The van der Waals surface area contributed by atoms with E-state index in [0.717, 1.165) is 0 Å². The van der Waals surface area contributed by atoms with Crippen molar-refractivity contribution < 1.29 is 18.1 Å². The minimum Gasteiger partial charge on any atom is -0.321 e. The first kappa shape index (κ1) is 20.5. The minimum absolute atomic E-state index is 0.0850. The van der Waals surface area contributed by atoms with Crippen molar-refractivity contribution in [3.05, 3.63) is 63.7 Å². The Morgan fingerprint density at radius 1 is 1.15 bits per heavy atom. The molecule has 0 aliphatic rings. The fraction of sp³-hybridized carbons (Fsp3) is 0.278. The van der Waals surface area contributed by atoms with Crippen LogP contribution in [0.2, 0.25) is 0 Å². The molecular weight excluding hydrogens is 370 g/mol. The van der Waals surface area contributed by atoms with Crippen molar-refractivity contribution in [1.29, 1.82) is 0 Å². The molecule has 27 heavy (non-hydrogen) atoms. The van der Waals surface area contributed by atoms with Gasteiger partial charge >= 0.3 is 0 Å². The van der Waals surface area contributed by atoms with E-state index in [1.807, 2.05) is 0 Å². The van der Waals surface area contributed by atoms with Gasteiger partial charge in [-0.1, -0.05) is 6.07 Å². The molecule has 0 bridgehead atoms. The third kappa shape index (κ3) is 4.32. The molecule has 1 N–H and O–H groups in total. The van der Waals surface area contributed by atoms with Crippen molar-refractivity contribution in [2.24, 2.45) is 0 Å². The maximum atomic E-state index is 12.5. The summed E-state index contributed by atoms with van der Waals surface area (Å²) in [6, 6.07) is 9.75. The highest BCUT2D eigenvalue weighted by Gasteiger charge is 2.23. The van der Waals surface area contributed by atoms with E-state index in [1.165, 1.54) is 47.8 Å². The number of carbonyl (C=O) groups excluding carboxylic acids is 1. The van der Waals surface area contributed by atoms with E-state index in [2.05, 4.69) is 5.32 Å². The molecule has 0 aliphatic heterocycles. The van der Waals surface area contributed by atoms with Crippen LogP contribution in [0, 0.1) is 17.0 Å². The van der Waals surface area contributed by atoms with E-state index in [0.29, 0.717) is 11.3 Å². The van der Waals surface area contributed by atoms with Gasteiger partial charge in [0.05, 0.1) is 21.1 Å². The Kier molecular flexibility index (Phi) is 5.97. The Morgan fingerprint density at radius 3 is 2.26 bits per heavy atom. The van der Waals surface area contributed by atoms with Crippen molar-refractivity contribution in [1.82, 2.24) is 4.31 Å². The topological polar surface area (TPSA) is 110 Å². The van der Waals surface area contributed by atoms with Gasteiger partial charge in [-0.15, -0.1) is 0 Å². The van der Waals surface area contributed by atoms with Crippen molar-refractivity contribution in [2.75, 3.05) is 12.4 Å². The second-order valence-electron chi connectivity index (χ2n) is 6.30. The van der Waals surface area contributed by atoms with Crippen LogP contribution < -0.4 is 5.32 Å². The van der Waals surface area contributed by atoms with Gasteiger partial charge in [0.25, 0.3) is 11.6 Å². The highest BCUT2D eigenvalue weighted by molar-refractivity contribution is 7.89. The molecule has 8 nitrogen and oxygen atoms in total. The number of benzene rings is 2. The number of rotatable bonds is 6. The molecule has 2 aromatic rings. The summed E-state index contributed by atoms with van der Waals surface area (Å²) in [6.07, 6.45) is 0. The smallest absolute Gasteiger partial charge is 0.274 e. The number of anilines is 1. The molecule has 2 rings (SSSR count). The highest BCUT2D eigenvalue weighted by Crippen LogP contribution is 2.25. The van der Waals surface area contributed by atoms with Crippen molar-refractivity contribution in [2.45, 2.75) is 31.7 Å². The van der Waals surface area contributed by atoms with E-state index in [-0.39, 0.29) is 22.2 Å². The number of carbonyl (C=O) groups is 1. The lowest BCUT2D eigenvalue weighted by Crippen LogP contribution is -2.33. The van der Waals surface area contributed by atoms with Gasteiger partial charge < -0.3 is 5.32 Å². The fourth-order valence-corrected chi connectivity index (χ4v) is 3.74. The molecule has 0 fully saturated rings. The zero-order valence-corrected chi connectivity index (χ0v) is 16.3. The summed E-state index contributed by atoms with van der Waals surface area (Å²) >= 11 is 0. The summed E-state index contributed by atoms with van der Waals surface area (Å²) in [5.41, 5.74) is 0.817. The molecule has 0 atom stereocenters. The standard InChI is InChI=1S/C18H21N3O5S/c1-12(2)20(4)27(25,26)15-10-8-14(9-11-15)18(22)19-16-6-5-7-17(13(16)3)21(23)24/h5-12H,1-4H3,(H,19,22). The van der Waals surface area contributed by atoms with Crippen LogP contribution in [-0.2, 0) is 10.0 Å². The lowest BCUT2D eigenvalue weighted by atomic mass is 10.1. The molecule has 0 aliphatic carbocycles. The minimum atomic E-state index is -3.63. The summed E-state index contributed by atoms with van der Waals surface area (Å²) in [4.78, 5) is 23.0. The first-order valence-electron chi connectivity index (χ1n) is 8.19. The van der Waals surface area contributed by atoms with Crippen molar-refractivity contribution >= 4 is 27.3 Å². The number of hydrogen-bond acceptors (Lipinski definition) is 5. The van der Waals surface area contributed by atoms with Crippen LogP contribution in [0.4, 0.5) is 11.4 Å². The Bertz CT molecular complexity index is 969. The molecule has 0 unspecified atom stereocenters. The van der Waals surface area contributed by atoms with E-state index in [9.17, 15) is 23.3 Å². The number of hydrogen-bond donors (Lipinski definition) is 1. The molecular formula is C18H21N3O5S. The largest absolute Gasteiger partial charge is 0.321 e. The Hall–Kier alpha value is -2.78. The first-order valence-corrected chi connectivity index (χ1v) is 9.63. The summed E-state index contributed by atoms with van der Waals surface area (Å²) in [5, 5.41) is 13.6. The lowest BCUT2D eigenvalue weighted by molar-refractivity contribution is -0.385. The average Bonchev–Trinajstić information content (AvgIpc) is 2.62. The van der Waals surface area contributed by atoms with Crippen LogP contribution >= 0.6 is 0 Å². The molecule has 9 heteroatoms. The maximum Gasteiger partial charge on any atom is 0.274 e. The fourth-order valence-electron chi connectivity index (χ4n) is 2.37. The zero-order chi connectivity index (χ0) is 20.4. The molecule has 1 amide bonds. The van der Waals surface area contributed by atoms with Crippen LogP contribution in [0.25, 0.3) is 0 Å². The zero-order valence-electron chi connectivity index (χ0n) is 15.5.